The van der Waals surface area contributed by atoms with Crippen molar-refractivity contribution in [2.45, 2.75) is 26.7 Å². The van der Waals surface area contributed by atoms with E-state index in [0.29, 0.717) is 12.5 Å². The first-order valence-electron chi connectivity index (χ1n) is 6.92. The molecule has 0 fully saturated rings. The molecule has 5 nitrogen and oxygen atoms in total. The molecular weight excluding hydrogens is 273 g/mol. The highest BCUT2D eigenvalue weighted by atomic mass is 19.1. The van der Waals surface area contributed by atoms with Crippen molar-refractivity contribution < 1.29 is 14.0 Å². The lowest BCUT2D eigenvalue weighted by molar-refractivity contribution is -0.117. The fraction of sp³-hybridized carbons (Fsp3) is 0.467. The van der Waals surface area contributed by atoms with Gasteiger partial charge in [-0.1, -0.05) is 13.8 Å². The normalized spacial score (nSPS) is 12.2. The molecule has 21 heavy (non-hydrogen) atoms. The summed E-state index contributed by atoms with van der Waals surface area (Å²) in [7, 11) is 0. The van der Waals surface area contributed by atoms with E-state index in [9.17, 15) is 14.0 Å². The average Bonchev–Trinajstić information content (AvgIpc) is 2.39. The SMILES string of the molecule is CC(C)CC(CN)CC(=O)Nc1cc(C(N)=O)ccc1F. The Morgan fingerprint density at radius 3 is 2.52 bits per heavy atom. The quantitative estimate of drug-likeness (QED) is 0.716. The lowest BCUT2D eigenvalue weighted by Gasteiger charge is -2.16. The number of anilines is 1. The van der Waals surface area contributed by atoms with Crippen LogP contribution in [0.2, 0.25) is 0 Å². The number of rotatable bonds is 7. The van der Waals surface area contributed by atoms with Gasteiger partial charge in [-0.2, -0.15) is 0 Å². The van der Waals surface area contributed by atoms with Gasteiger partial charge in [0.15, 0.2) is 0 Å². The van der Waals surface area contributed by atoms with Crippen molar-refractivity contribution in [3.8, 4) is 0 Å². The summed E-state index contributed by atoms with van der Waals surface area (Å²) in [4.78, 5) is 23.0. The number of hydrogen-bond donors (Lipinski definition) is 3. The van der Waals surface area contributed by atoms with Crippen LogP contribution in [0.3, 0.4) is 0 Å². The summed E-state index contributed by atoms with van der Waals surface area (Å²) in [5, 5.41) is 2.47. The molecule has 116 valence electrons. The molecule has 0 aliphatic rings. The van der Waals surface area contributed by atoms with E-state index in [1.807, 2.05) is 0 Å². The Labute approximate surface area is 123 Å². The number of benzene rings is 1. The molecule has 6 heteroatoms. The number of nitrogens with two attached hydrogens (primary N) is 2. The molecule has 0 spiro atoms. The first kappa shape index (κ1) is 17.1. The van der Waals surface area contributed by atoms with Crippen molar-refractivity contribution in [2.24, 2.45) is 23.3 Å². The summed E-state index contributed by atoms with van der Waals surface area (Å²) in [6.45, 7) is 4.50. The minimum atomic E-state index is -0.676. The first-order chi connectivity index (χ1) is 9.83. The van der Waals surface area contributed by atoms with Crippen LogP contribution < -0.4 is 16.8 Å². The topological polar surface area (TPSA) is 98.2 Å². The predicted molar refractivity (Wildman–Crippen MR) is 80.2 cm³/mol. The molecule has 0 aliphatic heterocycles. The monoisotopic (exact) mass is 295 g/mol. The van der Waals surface area contributed by atoms with Crippen LogP contribution in [0, 0.1) is 17.7 Å². The van der Waals surface area contributed by atoms with Crippen LogP contribution in [0.1, 0.15) is 37.0 Å². The van der Waals surface area contributed by atoms with Crippen molar-refractivity contribution in [1.29, 1.82) is 0 Å². The van der Waals surface area contributed by atoms with Crippen LogP contribution in [0.4, 0.5) is 10.1 Å². The number of nitrogens with one attached hydrogen (secondary N) is 1. The molecule has 0 aliphatic carbocycles. The van der Waals surface area contributed by atoms with Gasteiger partial charge in [-0.25, -0.2) is 4.39 Å². The molecule has 0 radical (unpaired) electrons. The Kier molecular flexibility index (Phi) is 6.30. The average molecular weight is 295 g/mol. The molecule has 2 amide bonds. The van der Waals surface area contributed by atoms with Crippen LogP contribution in [-0.4, -0.2) is 18.4 Å². The first-order valence-corrected chi connectivity index (χ1v) is 6.92. The Balaban J connectivity index is 2.74. The van der Waals surface area contributed by atoms with Gasteiger partial charge in [-0.15, -0.1) is 0 Å². The maximum Gasteiger partial charge on any atom is 0.248 e. The van der Waals surface area contributed by atoms with Gasteiger partial charge < -0.3 is 16.8 Å². The molecule has 0 saturated carbocycles. The third-order valence-electron chi connectivity index (χ3n) is 3.14. The summed E-state index contributed by atoms with van der Waals surface area (Å²) >= 11 is 0. The molecule has 1 atom stereocenters. The number of halogens is 1. The highest BCUT2D eigenvalue weighted by Crippen LogP contribution is 2.19. The Morgan fingerprint density at radius 1 is 1.33 bits per heavy atom. The lowest BCUT2D eigenvalue weighted by atomic mass is 9.94. The highest BCUT2D eigenvalue weighted by molar-refractivity contribution is 5.96. The van der Waals surface area contributed by atoms with Crippen molar-refractivity contribution in [3.05, 3.63) is 29.6 Å². The largest absolute Gasteiger partial charge is 0.366 e. The molecule has 0 aromatic heterocycles. The van der Waals surface area contributed by atoms with E-state index in [2.05, 4.69) is 19.2 Å². The summed E-state index contributed by atoms with van der Waals surface area (Å²) in [5.74, 6) is -1.13. The summed E-state index contributed by atoms with van der Waals surface area (Å²) in [5.41, 5.74) is 10.9. The third kappa shape index (κ3) is 5.51. The standard InChI is InChI=1S/C15H22FN3O2/c1-9(2)5-10(8-17)6-14(20)19-13-7-11(15(18)21)3-4-12(13)16/h3-4,7,9-10H,5-6,8,17H2,1-2H3,(H2,18,21)(H,19,20). The second-order valence-corrected chi connectivity index (χ2v) is 5.54. The molecule has 1 aromatic carbocycles. The number of carbonyl (C=O) groups excluding carboxylic acids is 2. The van der Waals surface area contributed by atoms with Gasteiger partial charge in [0.2, 0.25) is 11.8 Å². The molecule has 0 saturated heterocycles. The zero-order valence-electron chi connectivity index (χ0n) is 12.4. The van der Waals surface area contributed by atoms with Gasteiger partial charge in [0.25, 0.3) is 0 Å². The Morgan fingerprint density at radius 2 is 2.00 bits per heavy atom. The summed E-state index contributed by atoms with van der Waals surface area (Å²) < 4.78 is 13.6. The minimum Gasteiger partial charge on any atom is -0.366 e. The fourth-order valence-electron chi connectivity index (χ4n) is 2.17. The van der Waals surface area contributed by atoms with Crippen molar-refractivity contribution in [1.82, 2.24) is 0 Å². The predicted octanol–water partition coefficient (Wildman–Crippen LogP) is 1.87. The number of amides is 2. The summed E-state index contributed by atoms with van der Waals surface area (Å²) in [6.07, 6.45) is 1.04. The molecular formula is C15H22FN3O2. The van der Waals surface area contributed by atoms with Crippen molar-refractivity contribution >= 4 is 17.5 Å². The molecule has 1 rings (SSSR count). The van der Waals surface area contributed by atoms with Crippen molar-refractivity contribution in [2.75, 3.05) is 11.9 Å². The van der Waals surface area contributed by atoms with Gasteiger partial charge in [0.05, 0.1) is 5.69 Å². The Bertz CT molecular complexity index is 518. The van der Waals surface area contributed by atoms with E-state index in [1.165, 1.54) is 12.1 Å². The van der Waals surface area contributed by atoms with Gasteiger partial charge >= 0.3 is 0 Å². The van der Waals surface area contributed by atoms with Crippen LogP contribution in [-0.2, 0) is 4.79 Å². The molecule has 5 N–H and O–H groups in total. The third-order valence-corrected chi connectivity index (χ3v) is 3.14. The van der Waals surface area contributed by atoms with E-state index < -0.39 is 11.7 Å². The molecule has 0 bridgehead atoms. The maximum atomic E-state index is 13.6. The maximum absolute atomic E-state index is 13.6. The smallest absolute Gasteiger partial charge is 0.248 e. The number of hydrogen-bond acceptors (Lipinski definition) is 3. The van der Waals surface area contributed by atoms with E-state index >= 15 is 0 Å². The van der Waals surface area contributed by atoms with E-state index in [-0.39, 0.29) is 29.5 Å². The number of carbonyl (C=O) groups is 2. The summed E-state index contributed by atoms with van der Waals surface area (Å²) in [6, 6.07) is 3.61. The molecule has 1 aromatic rings. The van der Waals surface area contributed by atoms with Crippen molar-refractivity contribution in [3.63, 3.8) is 0 Å². The van der Waals surface area contributed by atoms with Gasteiger partial charge in [-0.05, 0) is 43.0 Å². The van der Waals surface area contributed by atoms with Crippen LogP contribution in [0.25, 0.3) is 0 Å². The van der Waals surface area contributed by atoms with Gasteiger partial charge in [0.1, 0.15) is 5.82 Å². The second kappa shape index (κ2) is 7.73. The zero-order chi connectivity index (χ0) is 16.0. The molecule has 1 unspecified atom stereocenters. The zero-order valence-corrected chi connectivity index (χ0v) is 12.4. The molecule has 0 heterocycles. The fourth-order valence-corrected chi connectivity index (χ4v) is 2.17. The van der Waals surface area contributed by atoms with Gasteiger partial charge in [0, 0.05) is 12.0 Å². The van der Waals surface area contributed by atoms with Gasteiger partial charge in [-0.3, -0.25) is 9.59 Å². The second-order valence-electron chi connectivity index (χ2n) is 5.54. The van der Waals surface area contributed by atoms with Crippen LogP contribution >= 0.6 is 0 Å². The minimum absolute atomic E-state index is 0.0448. The van der Waals surface area contributed by atoms with Crippen LogP contribution in [0.15, 0.2) is 18.2 Å². The van der Waals surface area contributed by atoms with E-state index in [0.717, 1.165) is 12.5 Å². The lowest BCUT2D eigenvalue weighted by Crippen LogP contribution is -2.24. The highest BCUT2D eigenvalue weighted by Gasteiger charge is 2.16. The van der Waals surface area contributed by atoms with E-state index in [4.69, 9.17) is 11.5 Å². The number of primary amides is 1. The van der Waals surface area contributed by atoms with Crippen LogP contribution in [0.5, 0.6) is 0 Å². The van der Waals surface area contributed by atoms with E-state index in [1.54, 1.807) is 0 Å². The Hall–Kier alpha value is -1.95.